The molecule has 1 rings (SSSR count). The van der Waals surface area contributed by atoms with Crippen LogP contribution in [0.5, 0.6) is 0 Å². The second-order valence-electron chi connectivity index (χ2n) is 4.07. The van der Waals surface area contributed by atoms with Crippen molar-refractivity contribution >= 4 is 17.7 Å². The van der Waals surface area contributed by atoms with Crippen LogP contribution in [0.2, 0.25) is 0 Å². The first kappa shape index (κ1) is 15.9. The Balaban J connectivity index is 2.28. The third-order valence-electron chi connectivity index (χ3n) is 2.53. The summed E-state index contributed by atoms with van der Waals surface area (Å²) in [7, 11) is 0. The summed E-state index contributed by atoms with van der Waals surface area (Å²) in [4.78, 5) is 12.0. The van der Waals surface area contributed by atoms with Crippen molar-refractivity contribution in [3.63, 3.8) is 0 Å². The van der Waals surface area contributed by atoms with Crippen LogP contribution < -0.4 is 5.32 Å². The lowest BCUT2D eigenvalue weighted by Gasteiger charge is -2.08. The monoisotopic (exact) mass is 289 g/mol. The topological polar surface area (TPSA) is 49.3 Å². The summed E-state index contributed by atoms with van der Waals surface area (Å²) in [5.74, 6) is -1.88. The van der Waals surface area contributed by atoms with Crippen LogP contribution in [0.4, 0.5) is 8.78 Å². The first-order chi connectivity index (χ1) is 9.02. The molecule has 0 radical (unpaired) electrons. The lowest BCUT2D eigenvalue weighted by atomic mass is 10.2. The minimum atomic E-state index is -0.920. The smallest absolute Gasteiger partial charge is 0.230 e. The van der Waals surface area contributed by atoms with Crippen LogP contribution in [-0.4, -0.2) is 29.4 Å². The Morgan fingerprint density at radius 1 is 1.42 bits per heavy atom. The van der Waals surface area contributed by atoms with E-state index in [-0.39, 0.29) is 11.7 Å². The number of halogens is 2. The predicted molar refractivity (Wildman–Crippen MR) is 71.0 cm³/mol. The summed E-state index contributed by atoms with van der Waals surface area (Å²) in [5.41, 5.74) is 0. The number of carbonyl (C=O) groups is 1. The van der Waals surface area contributed by atoms with Crippen molar-refractivity contribution in [2.45, 2.75) is 30.8 Å². The number of rotatable bonds is 7. The molecule has 0 aliphatic heterocycles. The van der Waals surface area contributed by atoms with Crippen molar-refractivity contribution in [1.82, 2.24) is 5.32 Å². The van der Waals surface area contributed by atoms with Gasteiger partial charge in [-0.25, -0.2) is 8.78 Å². The highest BCUT2D eigenvalue weighted by molar-refractivity contribution is 8.00. The van der Waals surface area contributed by atoms with Crippen molar-refractivity contribution in [2.24, 2.45) is 0 Å². The molecule has 1 atom stereocenters. The molecule has 6 heteroatoms. The number of hydrogen-bond acceptors (Lipinski definition) is 3. The van der Waals surface area contributed by atoms with Gasteiger partial charge >= 0.3 is 0 Å². The third kappa shape index (κ3) is 6.02. The predicted octanol–water partition coefficient (Wildman–Crippen LogP) is 2.33. The second-order valence-corrected chi connectivity index (χ2v) is 5.11. The van der Waals surface area contributed by atoms with Crippen LogP contribution in [0.15, 0.2) is 23.1 Å². The fourth-order valence-corrected chi connectivity index (χ4v) is 2.10. The standard InChI is InChI=1S/C13H17F2NO2S/c1-2-9(17)5-6-16-13(18)8-19-10-3-4-11(14)12(15)7-10/h3-4,7,9,17H,2,5-6,8H2,1H3,(H,16,18). The third-order valence-corrected chi connectivity index (χ3v) is 3.53. The maximum Gasteiger partial charge on any atom is 0.230 e. The maximum atomic E-state index is 12.9. The molecule has 0 bridgehead atoms. The minimum Gasteiger partial charge on any atom is -0.393 e. The maximum absolute atomic E-state index is 12.9. The highest BCUT2D eigenvalue weighted by Crippen LogP contribution is 2.19. The zero-order valence-corrected chi connectivity index (χ0v) is 11.5. The fourth-order valence-electron chi connectivity index (χ4n) is 1.35. The molecule has 0 aromatic heterocycles. The summed E-state index contributed by atoms with van der Waals surface area (Å²) in [6, 6.07) is 3.53. The molecule has 1 aromatic carbocycles. The number of aliphatic hydroxyl groups excluding tert-OH is 1. The van der Waals surface area contributed by atoms with Crippen molar-refractivity contribution in [3.8, 4) is 0 Å². The highest BCUT2D eigenvalue weighted by Gasteiger charge is 2.07. The Bertz CT molecular complexity index is 429. The number of amides is 1. The molecule has 2 N–H and O–H groups in total. The molecule has 0 aliphatic rings. The molecule has 1 unspecified atom stereocenters. The number of nitrogens with one attached hydrogen (secondary N) is 1. The largest absolute Gasteiger partial charge is 0.393 e. The van der Waals surface area contributed by atoms with Crippen molar-refractivity contribution in [2.75, 3.05) is 12.3 Å². The van der Waals surface area contributed by atoms with Crippen LogP contribution in [0.3, 0.4) is 0 Å². The van der Waals surface area contributed by atoms with Gasteiger partial charge < -0.3 is 10.4 Å². The van der Waals surface area contributed by atoms with Gasteiger partial charge in [-0.15, -0.1) is 11.8 Å². The lowest BCUT2D eigenvalue weighted by Crippen LogP contribution is -2.28. The highest BCUT2D eigenvalue weighted by atomic mass is 32.2. The molecule has 0 heterocycles. The van der Waals surface area contributed by atoms with Gasteiger partial charge in [0.1, 0.15) is 0 Å². The van der Waals surface area contributed by atoms with Crippen LogP contribution >= 0.6 is 11.8 Å². The minimum absolute atomic E-state index is 0.132. The van der Waals surface area contributed by atoms with E-state index >= 15 is 0 Å². The molecule has 1 amide bonds. The lowest BCUT2D eigenvalue weighted by molar-refractivity contribution is -0.118. The van der Waals surface area contributed by atoms with Gasteiger partial charge in [0.05, 0.1) is 11.9 Å². The number of thioether (sulfide) groups is 1. The van der Waals surface area contributed by atoms with Crippen LogP contribution in [0, 0.1) is 11.6 Å². The van der Waals surface area contributed by atoms with E-state index in [4.69, 9.17) is 0 Å². The van der Waals surface area contributed by atoms with Gasteiger partial charge in [0.15, 0.2) is 11.6 Å². The van der Waals surface area contributed by atoms with Crippen LogP contribution in [-0.2, 0) is 4.79 Å². The molecule has 0 saturated carbocycles. The van der Waals surface area contributed by atoms with E-state index < -0.39 is 17.7 Å². The van der Waals surface area contributed by atoms with E-state index in [0.29, 0.717) is 24.3 Å². The van der Waals surface area contributed by atoms with Crippen LogP contribution in [0.25, 0.3) is 0 Å². The Labute approximate surface area is 115 Å². The van der Waals surface area contributed by atoms with Gasteiger partial charge in [-0.05, 0) is 31.0 Å². The van der Waals surface area contributed by atoms with Crippen LogP contribution in [0.1, 0.15) is 19.8 Å². The van der Waals surface area contributed by atoms with Gasteiger partial charge in [0.2, 0.25) is 5.91 Å². The SMILES string of the molecule is CCC(O)CCNC(=O)CSc1ccc(F)c(F)c1. The molecular formula is C13H17F2NO2S. The zero-order chi connectivity index (χ0) is 14.3. The Morgan fingerprint density at radius 3 is 2.79 bits per heavy atom. The second kappa shape index (κ2) is 8.12. The Hall–Kier alpha value is -1.14. The van der Waals surface area contributed by atoms with Gasteiger partial charge in [-0.1, -0.05) is 6.92 Å². The van der Waals surface area contributed by atoms with E-state index in [1.54, 1.807) is 0 Å². The summed E-state index contributed by atoms with van der Waals surface area (Å²) in [6.07, 6.45) is 0.761. The molecule has 0 spiro atoms. The molecule has 0 aliphatic carbocycles. The van der Waals surface area contributed by atoms with E-state index in [0.717, 1.165) is 23.9 Å². The summed E-state index contributed by atoms with van der Waals surface area (Å²) < 4.78 is 25.6. The van der Waals surface area contributed by atoms with E-state index in [2.05, 4.69) is 5.32 Å². The number of hydrogen-bond donors (Lipinski definition) is 2. The number of carbonyl (C=O) groups excluding carboxylic acids is 1. The van der Waals surface area contributed by atoms with Crippen molar-refractivity contribution in [1.29, 1.82) is 0 Å². The normalized spacial score (nSPS) is 12.2. The first-order valence-electron chi connectivity index (χ1n) is 6.05. The fraction of sp³-hybridized carbons (Fsp3) is 0.462. The molecule has 1 aromatic rings. The summed E-state index contributed by atoms with van der Waals surface area (Å²) in [5, 5.41) is 12.0. The molecule has 0 fully saturated rings. The molecule has 0 saturated heterocycles. The van der Waals surface area contributed by atoms with Gasteiger partial charge in [0.25, 0.3) is 0 Å². The number of benzene rings is 1. The zero-order valence-electron chi connectivity index (χ0n) is 10.7. The van der Waals surface area contributed by atoms with E-state index in [9.17, 15) is 18.7 Å². The Morgan fingerprint density at radius 2 is 2.16 bits per heavy atom. The van der Waals surface area contributed by atoms with E-state index in [1.807, 2.05) is 6.92 Å². The average Bonchev–Trinajstić information content (AvgIpc) is 2.40. The van der Waals surface area contributed by atoms with Crippen molar-refractivity contribution in [3.05, 3.63) is 29.8 Å². The summed E-state index contributed by atoms with van der Waals surface area (Å²) in [6.45, 7) is 2.28. The quantitative estimate of drug-likeness (QED) is 0.757. The van der Waals surface area contributed by atoms with Gasteiger partial charge in [0, 0.05) is 11.4 Å². The van der Waals surface area contributed by atoms with Crippen molar-refractivity contribution < 1.29 is 18.7 Å². The molecule has 19 heavy (non-hydrogen) atoms. The molecule has 3 nitrogen and oxygen atoms in total. The Kier molecular flexibility index (Phi) is 6.80. The van der Waals surface area contributed by atoms with Gasteiger partial charge in [-0.2, -0.15) is 0 Å². The number of aliphatic hydroxyl groups is 1. The average molecular weight is 289 g/mol. The van der Waals surface area contributed by atoms with Gasteiger partial charge in [-0.3, -0.25) is 4.79 Å². The first-order valence-corrected chi connectivity index (χ1v) is 7.04. The molecule has 106 valence electrons. The molecular weight excluding hydrogens is 272 g/mol. The van der Waals surface area contributed by atoms with E-state index in [1.165, 1.54) is 6.07 Å². The summed E-state index contributed by atoms with van der Waals surface area (Å²) >= 11 is 1.13.